The van der Waals surface area contributed by atoms with Crippen molar-refractivity contribution in [3.63, 3.8) is 0 Å². The van der Waals surface area contributed by atoms with E-state index < -0.39 is 26.5 Å². The minimum atomic E-state index is -1.11. The van der Waals surface area contributed by atoms with Crippen LogP contribution in [0.3, 0.4) is 0 Å². The Morgan fingerprint density at radius 2 is 0.838 bits per heavy atom. The Labute approximate surface area is 215 Å². The van der Waals surface area contributed by atoms with Crippen molar-refractivity contribution >= 4 is 21.4 Å². The van der Waals surface area contributed by atoms with Crippen LogP contribution in [-0.2, 0) is 6.42 Å². The summed E-state index contributed by atoms with van der Waals surface area (Å²) >= 11 is 0. The van der Waals surface area contributed by atoms with E-state index in [0.29, 0.717) is 40.9 Å². The standard InChI is InChI=1S/C27H21B3O7/c1-31-20-16-14-19(15-17-20)18-27(28-32-21-8-2-3-9-22(21)33-28,29-34-23-10-4-5-11-24(23)35-29)30-36-25-12-6-7-13-26(25)37-30/h2-17H,18H2,1H3. The SMILES string of the molecule is COc1ccc(CC(B2Oc3ccccc3O2)(B2Oc3ccccc3O2)B2Oc3ccccc3O2)cc1. The number of para-hydroxylation sites is 6. The summed E-state index contributed by atoms with van der Waals surface area (Å²) in [7, 11) is -0.882. The predicted octanol–water partition coefficient (Wildman–Crippen LogP) is 4.94. The summed E-state index contributed by atoms with van der Waals surface area (Å²) in [6.07, 6.45) is 0.396. The highest BCUT2D eigenvalue weighted by atomic mass is 16.7. The van der Waals surface area contributed by atoms with E-state index in [1.807, 2.05) is 97.1 Å². The molecule has 10 heteroatoms. The number of hydrogen-bond acceptors (Lipinski definition) is 7. The van der Waals surface area contributed by atoms with E-state index >= 15 is 0 Å². The molecule has 37 heavy (non-hydrogen) atoms. The summed E-state index contributed by atoms with van der Waals surface area (Å²) in [4.78, 5) is 0. The molecule has 7 nitrogen and oxygen atoms in total. The lowest BCUT2D eigenvalue weighted by Gasteiger charge is -2.33. The predicted molar refractivity (Wildman–Crippen MR) is 140 cm³/mol. The molecule has 0 atom stereocenters. The Morgan fingerprint density at radius 3 is 1.14 bits per heavy atom. The Kier molecular flexibility index (Phi) is 5.13. The van der Waals surface area contributed by atoms with Crippen LogP contribution < -0.4 is 32.7 Å². The van der Waals surface area contributed by atoms with Gasteiger partial charge in [-0.1, -0.05) is 48.5 Å². The minimum Gasteiger partial charge on any atom is -0.523 e. The van der Waals surface area contributed by atoms with Crippen LogP contribution in [0.4, 0.5) is 0 Å². The largest absolute Gasteiger partial charge is 0.602 e. The van der Waals surface area contributed by atoms with Crippen molar-refractivity contribution in [3.05, 3.63) is 103 Å². The molecule has 0 amide bonds. The third kappa shape index (κ3) is 3.63. The van der Waals surface area contributed by atoms with Gasteiger partial charge < -0.3 is 32.7 Å². The highest BCUT2D eigenvalue weighted by molar-refractivity contribution is 6.90. The first-order valence-corrected chi connectivity index (χ1v) is 12.1. The van der Waals surface area contributed by atoms with Crippen molar-refractivity contribution in [2.24, 2.45) is 0 Å². The number of methoxy groups -OCH3 is 1. The second-order valence-corrected chi connectivity index (χ2v) is 9.18. The summed E-state index contributed by atoms with van der Waals surface area (Å²) in [5, 5.41) is -1.11. The number of hydrogen-bond donors (Lipinski definition) is 0. The molecule has 0 unspecified atom stereocenters. The second-order valence-electron chi connectivity index (χ2n) is 9.18. The average molecular weight is 490 g/mol. The van der Waals surface area contributed by atoms with Gasteiger partial charge in [0.2, 0.25) is 0 Å². The van der Waals surface area contributed by atoms with E-state index in [9.17, 15) is 0 Å². The molecule has 7 rings (SSSR count). The highest BCUT2D eigenvalue weighted by Gasteiger charge is 2.76. The fourth-order valence-electron chi connectivity index (χ4n) is 5.04. The Bertz CT molecular complexity index is 1240. The Morgan fingerprint density at radius 1 is 0.514 bits per heavy atom. The molecule has 0 fully saturated rings. The van der Waals surface area contributed by atoms with Crippen LogP contribution in [0.25, 0.3) is 0 Å². The van der Waals surface area contributed by atoms with Crippen molar-refractivity contribution in [3.8, 4) is 40.2 Å². The van der Waals surface area contributed by atoms with E-state index in [1.54, 1.807) is 7.11 Å². The number of fused-ring (bicyclic) bond motifs is 3. The lowest BCUT2D eigenvalue weighted by Crippen LogP contribution is -2.65. The fraction of sp³-hybridized carbons (Fsp3) is 0.111. The molecule has 0 saturated heterocycles. The van der Waals surface area contributed by atoms with E-state index in [4.69, 9.17) is 32.7 Å². The van der Waals surface area contributed by atoms with Crippen molar-refractivity contribution in [1.82, 2.24) is 0 Å². The third-order valence-electron chi connectivity index (χ3n) is 6.94. The minimum absolute atomic E-state index is 0.396. The van der Waals surface area contributed by atoms with Crippen molar-refractivity contribution in [2.75, 3.05) is 7.11 Å². The summed E-state index contributed by atoms with van der Waals surface area (Å²) < 4.78 is 44.0. The second kappa shape index (κ2) is 8.66. The molecule has 0 radical (unpaired) electrons. The maximum atomic E-state index is 6.45. The highest BCUT2D eigenvalue weighted by Crippen LogP contribution is 2.53. The number of ether oxygens (including phenoxy) is 1. The van der Waals surface area contributed by atoms with Gasteiger partial charge in [-0.05, 0) is 60.5 Å². The van der Waals surface area contributed by atoms with Gasteiger partial charge in [-0.2, -0.15) is 0 Å². The lowest BCUT2D eigenvalue weighted by atomic mass is 9.23. The van der Waals surface area contributed by atoms with Gasteiger partial charge in [-0.15, -0.1) is 0 Å². The van der Waals surface area contributed by atoms with Gasteiger partial charge in [0.25, 0.3) is 0 Å². The molecule has 0 spiro atoms. The number of rotatable bonds is 6. The van der Waals surface area contributed by atoms with Gasteiger partial charge in [-0.3, -0.25) is 0 Å². The first kappa shape index (κ1) is 21.9. The maximum absolute atomic E-state index is 6.45. The summed E-state index contributed by atoms with van der Waals surface area (Å²) in [5.41, 5.74) is 0.982. The van der Waals surface area contributed by atoms with Gasteiger partial charge in [0.15, 0.2) is 5.11 Å². The van der Waals surface area contributed by atoms with Gasteiger partial charge in [0, 0.05) is 0 Å². The first-order chi connectivity index (χ1) is 18.2. The van der Waals surface area contributed by atoms with E-state index in [0.717, 1.165) is 11.3 Å². The zero-order valence-corrected chi connectivity index (χ0v) is 20.0. The maximum Gasteiger partial charge on any atom is 0.602 e. The molecule has 180 valence electrons. The summed E-state index contributed by atoms with van der Waals surface area (Å²) in [6, 6.07) is 30.6. The molecule has 3 aliphatic rings. The van der Waals surface area contributed by atoms with E-state index in [1.165, 1.54) is 0 Å². The van der Waals surface area contributed by atoms with Crippen LogP contribution in [0.1, 0.15) is 5.56 Å². The van der Waals surface area contributed by atoms with Crippen LogP contribution in [0.2, 0.25) is 5.11 Å². The monoisotopic (exact) mass is 490 g/mol. The molecule has 0 saturated carbocycles. The molecule has 3 aliphatic heterocycles. The van der Waals surface area contributed by atoms with Crippen LogP contribution >= 0.6 is 0 Å². The van der Waals surface area contributed by atoms with Gasteiger partial charge >= 0.3 is 21.4 Å². The quantitative estimate of drug-likeness (QED) is 0.356. The van der Waals surface area contributed by atoms with Gasteiger partial charge in [0.1, 0.15) is 40.2 Å². The fourth-order valence-corrected chi connectivity index (χ4v) is 5.04. The van der Waals surface area contributed by atoms with Gasteiger partial charge in [-0.25, -0.2) is 0 Å². The molecule has 4 aromatic carbocycles. The molecule has 0 aromatic heterocycles. The molecule has 4 aromatic rings. The first-order valence-electron chi connectivity index (χ1n) is 12.1. The zero-order chi connectivity index (χ0) is 24.8. The van der Waals surface area contributed by atoms with E-state index in [-0.39, 0.29) is 0 Å². The molecular formula is C27H21B3O7. The smallest absolute Gasteiger partial charge is 0.523 e. The number of benzene rings is 4. The van der Waals surface area contributed by atoms with Crippen LogP contribution in [0.15, 0.2) is 97.1 Å². The van der Waals surface area contributed by atoms with Crippen LogP contribution in [0, 0.1) is 0 Å². The summed E-state index contributed by atoms with van der Waals surface area (Å²) in [6.45, 7) is 0. The summed E-state index contributed by atoms with van der Waals surface area (Å²) in [5.74, 6) is 4.58. The molecule has 0 bridgehead atoms. The topological polar surface area (TPSA) is 64.6 Å². The van der Waals surface area contributed by atoms with Crippen molar-refractivity contribution in [1.29, 1.82) is 0 Å². The Hall–Kier alpha value is -4.33. The Balaban J connectivity index is 1.35. The normalized spacial score (nSPS) is 14.8. The van der Waals surface area contributed by atoms with Crippen LogP contribution in [0.5, 0.6) is 40.2 Å². The molecular weight excluding hydrogens is 469 g/mol. The zero-order valence-electron chi connectivity index (χ0n) is 20.0. The van der Waals surface area contributed by atoms with Crippen molar-refractivity contribution in [2.45, 2.75) is 11.5 Å². The lowest BCUT2D eigenvalue weighted by molar-refractivity contribution is 0.386. The van der Waals surface area contributed by atoms with Crippen molar-refractivity contribution < 1.29 is 32.7 Å². The van der Waals surface area contributed by atoms with E-state index in [2.05, 4.69) is 0 Å². The molecule has 0 N–H and O–H groups in total. The van der Waals surface area contributed by atoms with Gasteiger partial charge in [0.05, 0.1) is 7.11 Å². The third-order valence-corrected chi connectivity index (χ3v) is 6.94. The molecule has 0 aliphatic carbocycles. The van der Waals surface area contributed by atoms with Crippen LogP contribution in [-0.4, -0.2) is 28.5 Å². The molecule has 3 heterocycles. The average Bonchev–Trinajstić information content (AvgIpc) is 3.68.